The van der Waals surface area contributed by atoms with Crippen molar-refractivity contribution in [3.63, 3.8) is 0 Å². The van der Waals surface area contributed by atoms with Gasteiger partial charge in [-0.3, -0.25) is 4.90 Å². The predicted molar refractivity (Wildman–Crippen MR) is 82.3 cm³/mol. The molecule has 3 fully saturated rings. The number of amides is 1. The van der Waals surface area contributed by atoms with Crippen LogP contribution in [0.25, 0.3) is 0 Å². The number of piperazine rings is 1. The van der Waals surface area contributed by atoms with Crippen LogP contribution in [0.5, 0.6) is 0 Å². The zero-order valence-corrected chi connectivity index (χ0v) is 13.6. The van der Waals surface area contributed by atoms with Gasteiger partial charge in [0, 0.05) is 44.3 Å². The lowest BCUT2D eigenvalue weighted by atomic mass is 9.97. The summed E-state index contributed by atoms with van der Waals surface area (Å²) in [5.74, 6) is 0. The van der Waals surface area contributed by atoms with E-state index in [2.05, 4.69) is 10.2 Å². The molecule has 2 atom stereocenters. The summed E-state index contributed by atoms with van der Waals surface area (Å²) >= 11 is 0. The second-order valence-corrected chi connectivity index (χ2v) is 7.77. The van der Waals surface area contributed by atoms with E-state index in [9.17, 15) is 4.79 Å². The number of piperidine rings is 1. The average molecular weight is 295 g/mol. The number of ether oxygens (including phenoxy) is 1. The standard InChI is InChI=1S/C16H29N3O2/c1-16(2,3)21-15(20)19-8-6-18(7-9-19)14-10-12-4-5-13(11-14)17-12/h12-14,17H,4-11H2,1-3H3. The highest BCUT2D eigenvalue weighted by Gasteiger charge is 2.37. The molecule has 3 aliphatic heterocycles. The van der Waals surface area contributed by atoms with Gasteiger partial charge in [0.05, 0.1) is 0 Å². The fraction of sp³-hybridized carbons (Fsp3) is 0.938. The van der Waals surface area contributed by atoms with E-state index in [0.29, 0.717) is 6.04 Å². The number of nitrogens with one attached hydrogen (secondary N) is 1. The lowest BCUT2D eigenvalue weighted by molar-refractivity contribution is 0.00734. The highest BCUT2D eigenvalue weighted by Crippen LogP contribution is 2.30. The van der Waals surface area contributed by atoms with Gasteiger partial charge in [-0.1, -0.05) is 0 Å². The number of hydrogen-bond acceptors (Lipinski definition) is 4. The first-order chi connectivity index (χ1) is 9.90. The van der Waals surface area contributed by atoms with Crippen LogP contribution >= 0.6 is 0 Å². The summed E-state index contributed by atoms with van der Waals surface area (Å²) in [7, 11) is 0. The van der Waals surface area contributed by atoms with Crippen LogP contribution in [0.3, 0.4) is 0 Å². The van der Waals surface area contributed by atoms with Gasteiger partial charge in [-0.15, -0.1) is 0 Å². The minimum atomic E-state index is -0.400. The fourth-order valence-electron chi connectivity index (χ4n) is 3.92. The molecule has 0 spiro atoms. The van der Waals surface area contributed by atoms with Gasteiger partial charge in [-0.05, 0) is 46.5 Å². The van der Waals surface area contributed by atoms with Crippen LogP contribution in [0, 0.1) is 0 Å². The van der Waals surface area contributed by atoms with E-state index in [4.69, 9.17) is 4.74 Å². The Morgan fingerprint density at radius 3 is 2.14 bits per heavy atom. The van der Waals surface area contributed by atoms with Gasteiger partial charge in [-0.25, -0.2) is 4.79 Å². The predicted octanol–water partition coefficient (Wildman–Crippen LogP) is 1.82. The number of carbonyl (C=O) groups excluding carboxylic acids is 1. The molecule has 0 aromatic heterocycles. The minimum Gasteiger partial charge on any atom is -0.444 e. The second kappa shape index (κ2) is 5.76. The maximum atomic E-state index is 12.1. The van der Waals surface area contributed by atoms with E-state index in [1.807, 2.05) is 25.7 Å². The summed E-state index contributed by atoms with van der Waals surface area (Å²) in [4.78, 5) is 16.5. The van der Waals surface area contributed by atoms with E-state index in [1.165, 1.54) is 25.7 Å². The Labute approximate surface area is 128 Å². The van der Waals surface area contributed by atoms with Crippen LogP contribution in [-0.4, -0.2) is 65.8 Å². The molecular weight excluding hydrogens is 266 g/mol. The molecule has 0 aromatic carbocycles. The molecule has 120 valence electrons. The molecule has 1 N–H and O–H groups in total. The maximum absolute atomic E-state index is 12.1. The van der Waals surface area contributed by atoms with E-state index in [1.54, 1.807) is 0 Å². The van der Waals surface area contributed by atoms with Gasteiger partial charge in [0.2, 0.25) is 0 Å². The molecule has 2 unspecified atom stereocenters. The number of rotatable bonds is 1. The third kappa shape index (κ3) is 3.69. The van der Waals surface area contributed by atoms with Crippen molar-refractivity contribution in [1.82, 2.24) is 15.1 Å². The Bertz CT molecular complexity index is 373. The Morgan fingerprint density at radius 1 is 1.05 bits per heavy atom. The summed E-state index contributed by atoms with van der Waals surface area (Å²) in [5, 5.41) is 3.70. The van der Waals surface area contributed by atoms with E-state index in [0.717, 1.165) is 38.3 Å². The zero-order valence-electron chi connectivity index (χ0n) is 13.6. The van der Waals surface area contributed by atoms with Gasteiger partial charge >= 0.3 is 6.09 Å². The summed E-state index contributed by atoms with van der Waals surface area (Å²) in [5.41, 5.74) is -0.400. The molecule has 5 nitrogen and oxygen atoms in total. The first-order valence-corrected chi connectivity index (χ1v) is 8.39. The zero-order chi connectivity index (χ0) is 15.0. The largest absolute Gasteiger partial charge is 0.444 e. The topological polar surface area (TPSA) is 44.8 Å². The van der Waals surface area contributed by atoms with Gasteiger partial charge in [0.1, 0.15) is 5.60 Å². The minimum absolute atomic E-state index is 0.160. The average Bonchev–Trinajstić information content (AvgIpc) is 2.76. The fourth-order valence-corrected chi connectivity index (χ4v) is 3.92. The van der Waals surface area contributed by atoms with Crippen molar-refractivity contribution in [3.05, 3.63) is 0 Å². The monoisotopic (exact) mass is 295 g/mol. The van der Waals surface area contributed by atoms with Crippen LogP contribution in [-0.2, 0) is 4.74 Å². The molecule has 0 radical (unpaired) electrons. The van der Waals surface area contributed by atoms with E-state index < -0.39 is 5.60 Å². The van der Waals surface area contributed by atoms with Crippen molar-refractivity contribution in [2.45, 2.75) is 70.2 Å². The lowest BCUT2D eigenvalue weighted by Crippen LogP contribution is -2.56. The Hall–Kier alpha value is -0.810. The van der Waals surface area contributed by atoms with Crippen LogP contribution < -0.4 is 5.32 Å². The molecule has 3 saturated heterocycles. The van der Waals surface area contributed by atoms with Crippen LogP contribution in [0.4, 0.5) is 4.79 Å². The SMILES string of the molecule is CC(C)(C)OC(=O)N1CCN(C2CC3CCC(C2)N3)CC1. The highest BCUT2D eigenvalue weighted by atomic mass is 16.6. The van der Waals surface area contributed by atoms with Gasteiger partial charge in [0.15, 0.2) is 0 Å². The molecule has 3 aliphatic rings. The van der Waals surface area contributed by atoms with E-state index >= 15 is 0 Å². The molecule has 3 rings (SSSR count). The van der Waals surface area contributed by atoms with Gasteiger partial charge in [-0.2, -0.15) is 0 Å². The second-order valence-electron chi connectivity index (χ2n) is 7.77. The van der Waals surface area contributed by atoms with Crippen molar-refractivity contribution in [3.8, 4) is 0 Å². The summed E-state index contributed by atoms with van der Waals surface area (Å²) in [6, 6.07) is 2.18. The molecule has 2 bridgehead atoms. The maximum Gasteiger partial charge on any atom is 0.410 e. The number of nitrogens with zero attached hydrogens (tertiary/aromatic N) is 2. The van der Waals surface area contributed by atoms with E-state index in [-0.39, 0.29) is 6.09 Å². The third-order valence-corrected chi connectivity index (χ3v) is 4.93. The number of hydrogen-bond donors (Lipinski definition) is 1. The van der Waals surface area contributed by atoms with Gasteiger partial charge in [0.25, 0.3) is 0 Å². The molecule has 0 aromatic rings. The molecule has 1 amide bonds. The van der Waals surface area contributed by atoms with Crippen molar-refractivity contribution >= 4 is 6.09 Å². The van der Waals surface area contributed by atoms with Crippen molar-refractivity contribution in [2.75, 3.05) is 26.2 Å². The summed E-state index contributed by atoms with van der Waals surface area (Å²) < 4.78 is 5.46. The van der Waals surface area contributed by atoms with Gasteiger partial charge < -0.3 is 15.0 Å². The first kappa shape index (κ1) is 15.1. The van der Waals surface area contributed by atoms with Crippen molar-refractivity contribution in [1.29, 1.82) is 0 Å². The highest BCUT2D eigenvalue weighted by molar-refractivity contribution is 5.68. The Kier molecular flexibility index (Phi) is 4.14. The molecule has 0 aliphatic carbocycles. The summed E-state index contributed by atoms with van der Waals surface area (Å²) in [6.45, 7) is 9.35. The Morgan fingerprint density at radius 2 is 1.62 bits per heavy atom. The Balaban J connectivity index is 1.48. The number of carbonyl (C=O) groups is 1. The molecule has 3 heterocycles. The van der Waals surface area contributed by atoms with Crippen LogP contribution in [0.15, 0.2) is 0 Å². The van der Waals surface area contributed by atoms with Crippen molar-refractivity contribution in [2.24, 2.45) is 0 Å². The quantitative estimate of drug-likeness (QED) is 0.801. The third-order valence-electron chi connectivity index (χ3n) is 4.93. The molecule has 0 saturated carbocycles. The molecule has 5 heteroatoms. The normalized spacial score (nSPS) is 34.0. The smallest absolute Gasteiger partial charge is 0.410 e. The van der Waals surface area contributed by atoms with Crippen molar-refractivity contribution < 1.29 is 9.53 Å². The lowest BCUT2D eigenvalue weighted by Gasteiger charge is -2.42. The van der Waals surface area contributed by atoms with Crippen LogP contribution in [0.2, 0.25) is 0 Å². The summed E-state index contributed by atoms with van der Waals surface area (Å²) in [6.07, 6.45) is 5.09. The molecule has 21 heavy (non-hydrogen) atoms. The van der Waals surface area contributed by atoms with Crippen LogP contribution in [0.1, 0.15) is 46.5 Å². The first-order valence-electron chi connectivity index (χ1n) is 8.39. The number of fused-ring (bicyclic) bond motifs is 2. The molecular formula is C16H29N3O2.